The van der Waals surface area contributed by atoms with E-state index in [0.29, 0.717) is 10.7 Å². The van der Waals surface area contributed by atoms with Crippen molar-refractivity contribution in [2.75, 3.05) is 11.9 Å². The fourth-order valence-corrected chi connectivity index (χ4v) is 0.894. The van der Waals surface area contributed by atoms with E-state index in [1.807, 2.05) is 12.1 Å². The van der Waals surface area contributed by atoms with Gasteiger partial charge in [0.25, 0.3) is 0 Å². The van der Waals surface area contributed by atoms with Crippen LogP contribution in [-0.2, 0) is 0 Å². The van der Waals surface area contributed by atoms with E-state index in [1.165, 1.54) is 0 Å². The van der Waals surface area contributed by atoms with Crippen LogP contribution in [0.2, 0.25) is 5.02 Å². The SMILES string of the molecule is N/C(=C\Nc1ccc(Cl)cc1)CO. The summed E-state index contributed by atoms with van der Waals surface area (Å²) in [6, 6.07) is 7.19. The highest BCUT2D eigenvalue weighted by atomic mass is 35.5. The van der Waals surface area contributed by atoms with Crippen LogP contribution in [0.3, 0.4) is 0 Å². The molecule has 0 spiro atoms. The van der Waals surface area contributed by atoms with Gasteiger partial charge in [-0.15, -0.1) is 0 Å². The summed E-state index contributed by atoms with van der Waals surface area (Å²) in [6.07, 6.45) is 1.54. The molecule has 4 heteroatoms. The summed E-state index contributed by atoms with van der Waals surface area (Å²) < 4.78 is 0. The third-order valence-corrected chi connectivity index (χ3v) is 1.70. The van der Waals surface area contributed by atoms with Gasteiger partial charge in [-0.3, -0.25) is 0 Å². The third kappa shape index (κ3) is 3.36. The Bertz CT molecular complexity index is 295. The molecule has 1 aromatic carbocycles. The standard InChI is InChI=1S/C9H11ClN2O/c10-7-1-3-9(4-2-7)12-5-8(11)6-13/h1-5,12-13H,6,11H2/b8-5-. The number of benzene rings is 1. The molecule has 1 aromatic rings. The molecule has 4 N–H and O–H groups in total. The minimum atomic E-state index is -0.152. The van der Waals surface area contributed by atoms with E-state index < -0.39 is 0 Å². The van der Waals surface area contributed by atoms with Crippen LogP contribution in [0.1, 0.15) is 0 Å². The maximum Gasteiger partial charge on any atom is 0.0840 e. The maximum absolute atomic E-state index is 8.60. The predicted molar refractivity (Wildman–Crippen MR) is 54.4 cm³/mol. The van der Waals surface area contributed by atoms with Crippen molar-refractivity contribution >= 4 is 17.3 Å². The number of hydrogen-bond acceptors (Lipinski definition) is 3. The van der Waals surface area contributed by atoms with Gasteiger partial charge in [0.05, 0.1) is 12.3 Å². The summed E-state index contributed by atoms with van der Waals surface area (Å²) in [7, 11) is 0. The lowest BCUT2D eigenvalue weighted by Gasteiger charge is -2.01. The molecule has 0 atom stereocenters. The van der Waals surface area contributed by atoms with Crippen molar-refractivity contribution < 1.29 is 5.11 Å². The van der Waals surface area contributed by atoms with Gasteiger partial charge in [-0.05, 0) is 24.3 Å². The first-order valence-electron chi connectivity index (χ1n) is 3.80. The van der Waals surface area contributed by atoms with E-state index in [-0.39, 0.29) is 6.61 Å². The fraction of sp³-hybridized carbons (Fsp3) is 0.111. The van der Waals surface area contributed by atoms with Gasteiger partial charge in [-0.1, -0.05) is 11.6 Å². The number of halogens is 1. The molecule has 0 aliphatic carbocycles. The molecular weight excluding hydrogens is 188 g/mol. The average molecular weight is 199 g/mol. The van der Waals surface area contributed by atoms with Crippen LogP contribution in [0.15, 0.2) is 36.2 Å². The number of nitrogens with one attached hydrogen (secondary N) is 1. The highest BCUT2D eigenvalue weighted by Gasteiger charge is 1.89. The minimum absolute atomic E-state index is 0.152. The average Bonchev–Trinajstić information content (AvgIpc) is 2.16. The van der Waals surface area contributed by atoms with Crippen LogP contribution in [0.4, 0.5) is 5.69 Å². The smallest absolute Gasteiger partial charge is 0.0840 e. The molecule has 1 rings (SSSR count). The molecule has 0 saturated heterocycles. The van der Waals surface area contributed by atoms with Crippen molar-refractivity contribution in [2.24, 2.45) is 5.73 Å². The monoisotopic (exact) mass is 198 g/mol. The van der Waals surface area contributed by atoms with Gasteiger partial charge in [-0.25, -0.2) is 0 Å². The second-order valence-electron chi connectivity index (χ2n) is 2.53. The normalized spacial score (nSPS) is 11.4. The Kier molecular flexibility index (Phi) is 3.61. The first kappa shape index (κ1) is 9.89. The molecule has 0 fully saturated rings. The fourth-order valence-electron chi connectivity index (χ4n) is 0.768. The number of rotatable bonds is 3. The molecule has 0 unspecified atom stereocenters. The molecule has 3 nitrogen and oxygen atoms in total. The van der Waals surface area contributed by atoms with Crippen LogP contribution in [0.25, 0.3) is 0 Å². The highest BCUT2D eigenvalue weighted by molar-refractivity contribution is 6.30. The van der Waals surface area contributed by atoms with Gasteiger partial charge in [0, 0.05) is 16.9 Å². The molecular formula is C9H11ClN2O. The predicted octanol–water partition coefficient (Wildman–Crippen LogP) is 1.54. The lowest BCUT2D eigenvalue weighted by Crippen LogP contribution is -2.04. The summed E-state index contributed by atoms with van der Waals surface area (Å²) in [6.45, 7) is -0.152. The third-order valence-electron chi connectivity index (χ3n) is 1.45. The van der Waals surface area contributed by atoms with E-state index in [0.717, 1.165) is 5.69 Å². The van der Waals surface area contributed by atoms with Crippen LogP contribution < -0.4 is 11.1 Å². The van der Waals surface area contributed by atoms with E-state index in [9.17, 15) is 0 Å². The molecule has 13 heavy (non-hydrogen) atoms. The molecule has 0 saturated carbocycles. The quantitative estimate of drug-likeness (QED) is 0.691. The highest BCUT2D eigenvalue weighted by Crippen LogP contribution is 2.13. The number of aliphatic hydroxyl groups is 1. The van der Waals surface area contributed by atoms with E-state index in [2.05, 4.69) is 5.32 Å². The first-order valence-corrected chi connectivity index (χ1v) is 4.17. The largest absolute Gasteiger partial charge is 0.399 e. The zero-order valence-corrected chi connectivity index (χ0v) is 7.75. The lowest BCUT2D eigenvalue weighted by molar-refractivity contribution is 0.329. The summed E-state index contributed by atoms with van der Waals surface area (Å²) in [5.74, 6) is 0. The van der Waals surface area contributed by atoms with Crippen molar-refractivity contribution in [3.05, 3.63) is 41.2 Å². The van der Waals surface area contributed by atoms with Gasteiger partial charge in [0.1, 0.15) is 0 Å². The molecule has 0 bridgehead atoms. The first-order chi connectivity index (χ1) is 6.22. The summed E-state index contributed by atoms with van der Waals surface area (Å²) >= 11 is 5.69. The second-order valence-corrected chi connectivity index (χ2v) is 2.97. The van der Waals surface area contributed by atoms with Gasteiger partial charge in [0.2, 0.25) is 0 Å². The van der Waals surface area contributed by atoms with Gasteiger partial charge < -0.3 is 16.2 Å². The van der Waals surface area contributed by atoms with Gasteiger partial charge >= 0.3 is 0 Å². The summed E-state index contributed by atoms with van der Waals surface area (Å²) in [5.41, 5.74) is 6.63. The van der Waals surface area contributed by atoms with Gasteiger partial charge in [-0.2, -0.15) is 0 Å². The van der Waals surface area contributed by atoms with Gasteiger partial charge in [0.15, 0.2) is 0 Å². The number of aliphatic hydroxyl groups excluding tert-OH is 1. The Morgan fingerprint density at radius 3 is 2.62 bits per heavy atom. The zero-order chi connectivity index (χ0) is 9.68. The summed E-state index contributed by atoms with van der Waals surface area (Å²) in [5, 5.41) is 12.2. The van der Waals surface area contributed by atoms with E-state index >= 15 is 0 Å². The van der Waals surface area contributed by atoms with Crippen molar-refractivity contribution in [3.63, 3.8) is 0 Å². The number of nitrogens with two attached hydrogens (primary N) is 1. The Hall–Kier alpha value is -1.19. The van der Waals surface area contributed by atoms with Crippen LogP contribution in [-0.4, -0.2) is 11.7 Å². The topological polar surface area (TPSA) is 58.3 Å². The summed E-state index contributed by atoms with van der Waals surface area (Å²) in [4.78, 5) is 0. The molecule has 0 aliphatic heterocycles. The Labute approximate surface area is 81.8 Å². The van der Waals surface area contributed by atoms with E-state index in [4.69, 9.17) is 22.4 Å². The van der Waals surface area contributed by atoms with Crippen LogP contribution in [0.5, 0.6) is 0 Å². The second kappa shape index (κ2) is 4.74. The van der Waals surface area contributed by atoms with Crippen molar-refractivity contribution in [1.29, 1.82) is 0 Å². The minimum Gasteiger partial charge on any atom is -0.399 e. The van der Waals surface area contributed by atoms with Crippen LogP contribution >= 0.6 is 11.6 Å². The zero-order valence-electron chi connectivity index (χ0n) is 7.00. The molecule has 0 amide bonds. The van der Waals surface area contributed by atoms with Crippen molar-refractivity contribution in [1.82, 2.24) is 0 Å². The van der Waals surface area contributed by atoms with E-state index in [1.54, 1.807) is 18.3 Å². The molecule has 0 aromatic heterocycles. The van der Waals surface area contributed by atoms with Crippen molar-refractivity contribution in [2.45, 2.75) is 0 Å². The number of anilines is 1. The van der Waals surface area contributed by atoms with Crippen molar-refractivity contribution in [3.8, 4) is 0 Å². The molecule has 0 heterocycles. The van der Waals surface area contributed by atoms with Crippen LogP contribution in [0, 0.1) is 0 Å². The molecule has 70 valence electrons. The Morgan fingerprint density at radius 1 is 1.46 bits per heavy atom. The Morgan fingerprint density at radius 2 is 2.08 bits per heavy atom. The lowest BCUT2D eigenvalue weighted by atomic mass is 10.3. The molecule has 0 aliphatic rings. The maximum atomic E-state index is 8.60. The molecule has 0 radical (unpaired) electrons. The number of hydrogen-bond donors (Lipinski definition) is 3. The Balaban J connectivity index is 2.60.